The minimum atomic E-state index is -0.964. The van der Waals surface area contributed by atoms with Gasteiger partial charge in [-0.2, -0.15) is 0 Å². The molecule has 0 bridgehead atoms. The zero-order valence-electron chi connectivity index (χ0n) is 10.8. The second-order valence-corrected chi connectivity index (χ2v) is 4.66. The summed E-state index contributed by atoms with van der Waals surface area (Å²) in [5.74, 6) is -2.44. The number of Topliss-reactive ketones (excluding diaryl/α,β-unsaturated/α-hetero) is 1. The maximum absolute atomic E-state index is 12.4. The molecule has 0 fully saturated rings. The van der Waals surface area contributed by atoms with Crippen molar-refractivity contribution in [1.82, 2.24) is 4.98 Å². The minimum Gasteiger partial charge on any atom is -0.481 e. The number of para-hydroxylation sites is 1. The number of aromatic nitrogens is 1. The molecule has 0 spiro atoms. The van der Waals surface area contributed by atoms with E-state index in [0.29, 0.717) is 11.1 Å². The summed E-state index contributed by atoms with van der Waals surface area (Å²) in [6.45, 7) is 3.19. The second kappa shape index (κ2) is 5.18. The van der Waals surface area contributed by atoms with Gasteiger partial charge in [0, 0.05) is 23.1 Å². The fourth-order valence-corrected chi connectivity index (χ4v) is 1.99. The molecule has 1 heterocycles. The maximum Gasteiger partial charge on any atom is 0.306 e. The predicted octanol–water partition coefficient (Wildman–Crippen LogP) is 2.77. The van der Waals surface area contributed by atoms with Gasteiger partial charge < -0.3 is 5.11 Å². The first-order chi connectivity index (χ1) is 9.02. The Morgan fingerprint density at radius 1 is 1.11 bits per heavy atom. The largest absolute Gasteiger partial charge is 0.481 e. The molecule has 0 amide bonds. The van der Waals surface area contributed by atoms with Crippen LogP contribution in [-0.2, 0) is 4.79 Å². The molecule has 0 aliphatic carbocycles. The molecular weight excluding hydrogens is 242 g/mol. The second-order valence-electron chi connectivity index (χ2n) is 4.66. The number of ketones is 1. The highest BCUT2D eigenvalue weighted by Crippen LogP contribution is 2.22. The van der Waals surface area contributed by atoms with Gasteiger partial charge in [0.15, 0.2) is 5.78 Å². The lowest BCUT2D eigenvalue weighted by atomic mass is 9.87. The average molecular weight is 257 g/mol. The molecule has 98 valence electrons. The Balaban J connectivity index is 2.44. The number of aliphatic carboxylic acids is 1. The molecule has 0 saturated heterocycles. The Labute approximate surface area is 111 Å². The third-order valence-electron chi connectivity index (χ3n) is 3.45. The molecule has 2 atom stereocenters. The fraction of sp³-hybridized carbons (Fsp3) is 0.267. The quantitative estimate of drug-likeness (QED) is 0.855. The molecule has 0 aliphatic rings. The number of carboxylic acid groups (broad SMARTS) is 1. The monoisotopic (exact) mass is 257 g/mol. The molecule has 1 aromatic carbocycles. The Morgan fingerprint density at radius 2 is 1.79 bits per heavy atom. The van der Waals surface area contributed by atoms with Crippen molar-refractivity contribution < 1.29 is 14.7 Å². The SMILES string of the molecule is CC(C(=O)O)C(C)C(=O)c1cccc2cccnc12. The van der Waals surface area contributed by atoms with Crippen LogP contribution in [-0.4, -0.2) is 21.8 Å². The summed E-state index contributed by atoms with van der Waals surface area (Å²) in [7, 11) is 0. The van der Waals surface area contributed by atoms with E-state index in [1.54, 1.807) is 38.2 Å². The number of hydrogen-bond donors (Lipinski definition) is 1. The molecule has 0 radical (unpaired) electrons. The van der Waals surface area contributed by atoms with Crippen molar-refractivity contribution in [1.29, 1.82) is 0 Å². The van der Waals surface area contributed by atoms with Gasteiger partial charge in [0.2, 0.25) is 0 Å². The van der Waals surface area contributed by atoms with E-state index in [1.165, 1.54) is 0 Å². The van der Waals surface area contributed by atoms with Gasteiger partial charge in [-0.25, -0.2) is 0 Å². The van der Waals surface area contributed by atoms with Crippen LogP contribution >= 0.6 is 0 Å². The summed E-state index contributed by atoms with van der Waals surface area (Å²) in [5, 5.41) is 9.87. The van der Waals surface area contributed by atoms with Gasteiger partial charge in [0.1, 0.15) is 0 Å². The van der Waals surface area contributed by atoms with Crippen LogP contribution in [0.4, 0.5) is 0 Å². The summed E-state index contributed by atoms with van der Waals surface area (Å²) in [6, 6.07) is 9.05. The van der Waals surface area contributed by atoms with Crippen molar-refractivity contribution in [3.63, 3.8) is 0 Å². The topological polar surface area (TPSA) is 67.3 Å². The molecule has 0 saturated carbocycles. The normalized spacial score (nSPS) is 14.0. The van der Waals surface area contributed by atoms with Gasteiger partial charge in [0.25, 0.3) is 0 Å². The van der Waals surface area contributed by atoms with Crippen molar-refractivity contribution in [3.8, 4) is 0 Å². The van der Waals surface area contributed by atoms with Crippen molar-refractivity contribution >= 4 is 22.7 Å². The lowest BCUT2D eigenvalue weighted by molar-refractivity contribution is -0.142. The number of carboxylic acids is 1. The van der Waals surface area contributed by atoms with Gasteiger partial charge >= 0.3 is 5.97 Å². The standard InChI is InChI=1S/C15H15NO3/c1-9(10(2)15(18)19)14(17)12-7-3-5-11-6-4-8-16-13(11)12/h3-10H,1-2H3,(H,18,19). The first-order valence-corrected chi connectivity index (χ1v) is 6.13. The van der Waals surface area contributed by atoms with Crippen LogP contribution in [0.2, 0.25) is 0 Å². The number of carbonyl (C=O) groups is 2. The van der Waals surface area contributed by atoms with E-state index in [1.807, 2.05) is 12.1 Å². The van der Waals surface area contributed by atoms with Crippen LogP contribution < -0.4 is 0 Å². The first kappa shape index (κ1) is 13.2. The molecule has 1 aromatic heterocycles. The van der Waals surface area contributed by atoms with Gasteiger partial charge in [0.05, 0.1) is 11.4 Å². The van der Waals surface area contributed by atoms with E-state index in [4.69, 9.17) is 5.11 Å². The molecule has 4 heteroatoms. The minimum absolute atomic E-state index is 0.181. The van der Waals surface area contributed by atoms with Crippen LogP contribution in [0.15, 0.2) is 36.5 Å². The number of rotatable bonds is 4. The summed E-state index contributed by atoms with van der Waals surface area (Å²) in [5.41, 5.74) is 1.11. The molecule has 4 nitrogen and oxygen atoms in total. The molecule has 1 N–H and O–H groups in total. The summed E-state index contributed by atoms with van der Waals surface area (Å²) < 4.78 is 0. The van der Waals surface area contributed by atoms with E-state index in [9.17, 15) is 9.59 Å². The van der Waals surface area contributed by atoms with Crippen LogP contribution in [0, 0.1) is 11.8 Å². The average Bonchev–Trinajstić information content (AvgIpc) is 2.44. The third kappa shape index (κ3) is 2.47. The Hall–Kier alpha value is -2.23. The highest BCUT2D eigenvalue weighted by molar-refractivity contribution is 6.08. The van der Waals surface area contributed by atoms with Crippen LogP contribution in [0.3, 0.4) is 0 Å². The number of benzene rings is 1. The van der Waals surface area contributed by atoms with Crippen molar-refractivity contribution in [2.45, 2.75) is 13.8 Å². The smallest absolute Gasteiger partial charge is 0.306 e. The van der Waals surface area contributed by atoms with E-state index >= 15 is 0 Å². The van der Waals surface area contributed by atoms with E-state index in [0.717, 1.165) is 5.39 Å². The first-order valence-electron chi connectivity index (χ1n) is 6.13. The number of nitrogens with zero attached hydrogens (tertiary/aromatic N) is 1. The van der Waals surface area contributed by atoms with Gasteiger partial charge in [-0.3, -0.25) is 14.6 Å². The number of fused-ring (bicyclic) bond motifs is 1. The molecule has 19 heavy (non-hydrogen) atoms. The highest BCUT2D eigenvalue weighted by atomic mass is 16.4. The van der Waals surface area contributed by atoms with E-state index in [-0.39, 0.29) is 5.78 Å². The summed E-state index contributed by atoms with van der Waals surface area (Å²) >= 11 is 0. The van der Waals surface area contributed by atoms with Crippen molar-refractivity contribution in [2.24, 2.45) is 11.8 Å². The molecule has 2 aromatic rings. The summed E-state index contributed by atoms with van der Waals surface area (Å²) in [6.07, 6.45) is 1.63. The molecule has 2 rings (SSSR count). The van der Waals surface area contributed by atoms with Gasteiger partial charge in [-0.05, 0) is 12.1 Å². The zero-order valence-corrected chi connectivity index (χ0v) is 10.8. The highest BCUT2D eigenvalue weighted by Gasteiger charge is 2.27. The van der Waals surface area contributed by atoms with Crippen LogP contribution in [0.25, 0.3) is 10.9 Å². The number of pyridine rings is 1. The fourth-order valence-electron chi connectivity index (χ4n) is 1.99. The lowest BCUT2D eigenvalue weighted by Gasteiger charge is -2.15. The third-order valence-corrected chi connectivity index (χ3v) is 3.45. The maximum atomic E-state index is 12.4. The molecule has 0 aliphatic heterocycles. The van der Waals surface area contributed by atoms with Gasteiger partial charge in [-0.1, -0.05) is 32.0 Å². The molecule has 2 unspecified atom stereocenters. The Kier molecular flexibility index (Phi) is 3.60. The zero-order chi connectivity index (χ0) is 14.0. The van der Waals surface area contributed by atoms with Crippen molar-refractivity contribution in [3.05, 3.63) is 42.1 Å². The summed E-state index contributed by atoms with van der Waals surface area (Å²) in [4.78, 5) is 27.6. The number of carbonyl (C=O) groups excluding carboxylic acids is 1. The van der Waals surface area contributed by atoms with Crippen LogP contribution in [0.1, 0.15) is 24.2 Å². The van der Waals surface area contributed by atoms with Gasteiger partial charge in [-0.15, -0.1) is 0 Å². The van der Waals surface area contributed by atoms with Crippen molar-refractivity contribution in [2.75, 3.05) is 0 Å². The number of hydrogen-bond acceptors (Lipinski definition) is 3. The Morgan fingerprint density at radius 3 is 2.47 bits per heavy atom. The van der Waals surface area contributed by atoms with E-state index < -0.39 is 17.8 Å². The lowest BCUT2D eigenvalue weighted by Crippen LogP contribution is -2.25. The van der Waals surface area contributed by atoms with Crippen LogP contribution in [0.5, 0.6) is 0 Å². The molecular formula is C15H15NO3. The van der Waals surface area contributed by atoms with E-state index in [2.05, 4.69) is 4.98 Å². The predicted molar refractivity (Wildman–Crippen MR) is 72.0 cm³/mol. The Bertz CT molecular complexity index is 631.